The quantitative estimate of drug-likeness (QED) is 0.685. The van der Waals surface area contributed by atoms with Gasteiger partial charge in [-0.3, -0.25) is 4.79 Å². The van der Waals surface area contributed by atoms with E-state index in [0.29, 0.717) is 41.8 Å². The topological polar surface area (TPSA) is 55.1 Å². The molecule has 0 fully saturated rings. The number of aromatic hydroxyl groups is 1. The van der Waals surface area contributed by atoms with E-state index in [2.05, 4.69) is 5.10 Å². The Balaban J connectivity index is 2.11. The largest absolute Gasteiger partial charge is 0.507 e. The maximum Gasteiger partial charge on any atom is 0.270 e. The van der Waals surface area contributed by atoms with Crippen molar-refractivity contribution in [3.05, 3.63) is 81.5 Å². The van der Waals surface area contributed by atoms with Gasteiger partial charge in [-0.25, -0.2) is 9.07 Å². The monoisotopic (exact) mass is 380 g/mol. The van der Waals surface area contributed by atoms with Crippen LogP contribution in [0.15, 0.2) is 53.3 Å². The molecule has 0 unspecified atom stereocenters. The van der Waals surface area contributed by atoms with Crippen molar-refractivity contribution in [2.24, 2.45) is 5.92 Å². The van der Waals surface area contributed by atoms with Crippen LogP contribution >= 0.6 is 0 Å². The van der Waals surface area contributed by atoms with Crippen LogP contribution in [0.25, 0.3) is 11.1 Å². The predicted molar refractivity (Wildman–Crippen MR) is 109 cm³/mol. The molecule has 4 nitrogen and oxygen atoms in total. The number of nitrogens with zero attached hydrogens (tertiary/aromatic N) is 2. The molecule has 1 aromatic heterocycles. The van der Waals surface area contributed by atoms with E-state index in [0.717, 1.165) is 5.56 Å². The molecule has 0 spiro atoms. The summed E-state index contributed by atoms with van der Waals surface area (Å²) in [5, 5.41) is 14.8. The molecule has 0 radical (unpaired) electrons. The second-order valence-electron chi connectivity index (χ2n) is 7.47. The van der Waals surface area contributed by atoms with Crippen molar-refractivity contribution < 1.29 is 9.50 Å². The number of phenols is 1. The van der Waals surface area contributed by atoms with Gasteiger partial charge in [-0.15, -0.1) is 0 Å². The number of aromatic nitrogens is 2. The highest BCUT2D eigenvalue weighted by atomic mass is 19.1. The number of hydrogen-bond acceptors (Lipinski definition) is 3. The molecule has 146 valence electrons. The minimum atomic E-state index is -0.290. The van der Waals surface area contributed by atoms with Crippen LogP contribution in [0.2, 0.25) is 0 Å². The average molecular weight is 380 g/mol. The minimum Gasteiger partial charge on any atom is -0.507 e. The maximum absolute atomic E-state index is 13.5. The molecule has 0 amide bonds. The molecule has 3 aromatic rings. The molecule has 0 saturated carbocycles. The van der Waals surface area contributed by atoms with Crippen molar-refractivity contribution in [2.75, 3.05) is 0 Å². The van der Waals surface area contributed by atoms with Gasteiger partial charge in [0.2, 0.25) is 0 Å². The number of hydrogen-bond donors (Lipinski definition) is 1. The fraction of sp³-hybridized carbons (Fsp3) is 0.304. The highest BCUT2D eigenvalue weighted by molar-refractivity contribution is 5.74. The normalized spacial score (nSPS) is 11.2. The van der Waals surface area contributed by atoms with Gasteiger partial charge in [0.15, 0.2) is 0 Å². The van der Waals surface area contributed by atoms with E-state index in [9.17, 15) is 14.3 Å². The lowest BCUT2D eigenvalue weighted by atomic mass is 9.94. The van der Waals surface area contributed by atoms with Crippen LogP contribution in [0.4, 0.5) is 4.39 Å². The summed E-state index contributed by atoms with van der Waals surface area (Å²) >= 11 is 0. The minimum absolute atomic E-state index is 0.111. The molecular formula is C23H25FN2O2. The summed E-state index contributed by atoms with van der Waals surface area (Å²) < 4.78 is 15.0. The molecule has 1 heterocycles. The van der Waals surface area contributed by atoms with Gasteiger partial charge in [0.05, 0.1) is 5.69 Å². The van der Waals surface area contributed by atoms with E-state index in [1.165, 1.54) is 16.8 Å². The van der Waals surface area contributed by atoms with Gasteiger partial charge in [0.1, 0.15) is 11.6 Å². The van der Waals surface area contributed by atoms with Gasteiger partial charge in [0.25, 0.3) is 5.56 Å². The summed E-state index contributed by atoms with van der Waals surface area (Å²) in [6, 6.07) is 13.4. The molecule has 0 aliphatic heterocycles. The highest BCUT2D eigenvalue weighted by Gasteiger charge is 2.19. The number of rotatable bonds is 6. The van der Waals surface area contributed by atoms with Gasteiger partial charge in [-0.1, -0.05) is 44.2 Å². The molecule has 5 heteroatoms. The van der Waals surface area contributed by atoms with Crippen LogP contribution in [0.3, 0.4) is 0 Å². The van der Waals surface area contributed by atoms with Crippen molar-refractivity contribution in [1.82, 2.24) is 9.78 Å². The van der Waals surface area contributed by atoms with Gasteiger partial charge < -0.3 is 5.11 Å². The lowest BCUT2D eigenvalue weighted by Gasteiger charge is -2.17. The van der Waals surface area contributed by atoms with Gasteiger partial charge in [0, 0.05) is 23.2 Å². The summed E-state index contributed by atoms with van der Waals surface area (Å²) in [6.45, 7) is 6.44. The van der Waals surface area contributed by atoms with Crippen molar-refractivity contribution in [3.63, 3.8) is 0 Å². The van der Waals surface area contributed by atoms with E-state index in [4.69, 9.17) is 0 Å². The zero-order valence-electron chi connectivity index (χ0n) is 16.4. The Labute approximate surface area is 164 Å². The zero-order valence-corrected chi connectivity index (χ0v) is 16.4. The second-order valence-corrected chi connectivity index (χ2v) is 7.47. The van der Waals surface area contributed by atoms with Crippen molar-refractivity contribution >= 4 is 0 Å². The lowest BCUT2D eigenvalue weighted by Crippen LogP contribution is -2.30. The predicted octanol–water partition coefficient (Wildman–Crippen LogP) is 4.50. The molecule has 0 bridgehead atoms. The summed E-state index contributed by atoms with van der Waals surface area (Å²) in [5.74, 6) is 0.0959. The van der Waals surface area contributed by atoms with Gasteiger partial charge >= 0.3 is 0 Å². The Kier molecular flexibility index (Phi) is 5.93. The summed E-state index contributed by atoms with van der Waals surface area (Å²) in [4.78, 5) is 13.2. The van der Waals surface area contributed by atoms with Crippen LogP contribution in [-0.2, 0) is 19.4 Å². The Morgan fingerprint density at radius 1 is 1.11 bits per heavy atom. The first-order valence-electron chi connectivity index (χ1n) is 9.50. The van der Waals surface area contributed by atoms with Gasteiger partial charge in [-0.05, 0) is 49.4 Å². The highest BCUT2D eigenvalue weighted by Crippen LogP contribution is 2.32. The molecular weight excluding hydrogens is 355 g/mol. The van der Waals surface area contributed by atoms with E-state index >= 15 is 0 Å². The zero-order chi connectivity index (χ0) is 20.3. The standard InChI is InChI=1S/C23H25FN2O2/c1-15(2)14-26-23(28)20(12-11-17-7-6-8-18(24)13-17)22(16(3)25-26)19-9-4-5-10-21(19)27/h4-10,13,15,27H,11-12,14H2,1-3H3. The third kappa shape index (κ3) is 4.30. The van der Waals surface area contributed by atoms with Crippen LogP contribution in [0.5, 0.6) is 5.75 Å². The van der Waals surface area contributed by atoms with E-state index in [1.54, 1.807) is 24.3 Å². The number of benzene rings is 2. The molecule has 0 aliphatic rings. The smallest absolute Gasteiger partial charge is 0.270 e. The molecule has 0 atom stereocenters. The Morgan fingerprint density at radius 3 is 2.54 bits per heavy atom. The first-order chi connectivity index (χ1) is 13.4. The SMILES string of the molecule is Cc1nn(CC(C)C)c(=O)c(CCc2cccc(F)c2)c1-c1ccccc1O. The maximum atomic E-state index is 13.5. The molecule has 3 rings (SSSR count). The number of phenolic OH excluding ortho intramolecular Hbond substituents is 1. The second kappa shape index (κ2) is 8.38. The molecule has 1 N–H and O–H groups in total. The molecule has 0 saturated heterocycles. The van der Waals surface area contributed by atoms with Crippen LogP contribution in [0, 0.1) is 18.7 Å². The lowest BCUT2D eigenvalue weighted by molar-refractivity contribution is 0.457. The Morgan fingerprint density at radius 2 is 1.86 bits per heavy atom. The first-order valence-corrected chi connectivity index (χ1v) is 9.50. The van der Waals surface area contributed by atoms with E-state index in [-0.39, 0.29) is 23.0 Å². The van der Waals surface area contributed by atoms with E-state index in [1.807, 2.05) is 32.9 Å². The van der Waals surface area contributed by atoms with E-state index < -0.39 is 0 Å². The number of halogens is 1. The third-order valence-electron chi connectivity index (χ3n) is 4.69. The summed E-state index contributed by atoms with van der Waals surface area (Å²) in [6.07, 6.45) is 0.964. The fourth-order valence-corrected chi connectivity index (χ4v) is 3.46. The van der Waals surface area contributed by atoms with Crippen molar-refractivity contribution in [1.29, 1.82) is 0 Å². The fourth-order valence-electron chi connectivity index (χ4n) is 3.46. The van der Waals surface area contributed by atoms with Crippen LogP contribution < -0.4 is 5.56 Å². The van der Waals surface area contributed by atoms with Gasteiger partial charge in [-0.2, -0.15) is 5.10 Å². The number of para-hydroxylation sites is 1. The van der Waals surface area contributed by atoms with Crippen LogP contribution in [-0.4, -0.2) is 14.9 Å². The van der Waals surface area contributed by atoms with Crippen LogP contribution in [0.1, 0.15) is 30.7 Å². The molecule has 28 heavy (non-hydrogen) atoms. The van der Waals surface area contributed by atoms with Crippen molar-refractivity contribution in [3.8, 4) is 16.9 Å². The summed E-state index contributed by atoms with van der Waals surface area (Å²) in [5.41, 5.74) is 3.21. The molecule has 2 aromatic carbocycles. The number of aryl methyl sites for hydroxylation is 2. The Hall–Kier alpha value is -2.95. The van der Waals surface area contributed by atoms with Crippen molar-refractivity contribution in [2.45, 2.75) is 40.2 Å². The average Bonchev–Trinajstić information content (AvgIpc) is 2.64. The Bertz CT molecular complexity index is 1040. The summed E-state index contributed by atoms with van der Waals surface area (Å²) in [7, 11) is 0. The third-order valence-corrected chi connectivity index (χ3v) is 4.69. The first kappa shape index (κ1) is 19.8. The molecule has 0 aliphatic carbocycles.